The molecule has 3 heteroatoms. The van der Waals surface area contributed by atoms with Crippen molar-refractivity contribution >= 4 is 26.8 Å². The molecule has 0 saturated carbocycles. The first-order valence-corrected chi connectivity index (χ1v) is 9.57. The summed E-state index contributed by atoms with van der Waals surface area (Å²) in [5, 5.41) is 5.22. The van der Waals surface area contributed by atoms with E-state index in [1.807, 2.05) is 0 Å². The lowest BCUT2D eigenvalue weighted by Gasteiger charge is -2.26. The van der Waals surface area contributed by atoms with Crippen LogP contribution in [-0.4, -0.2) is 11.1 Å². The van der Waals surface area contributed by atoms with Crippen molar-refractivity contribution in [3.05, 3.63) is 69.8 Å². The Morgan fingerprint density at radius 3 is 2.83 bits per heavy atom. The molecule has 124 valence electrons. The second-order valence-electron chi connectivity index (χ2n) is 6.72. The van der Waals surface area contributed by atoms with Gasteiger partial charge in [-0.05, 0) is 61.6 Å². The highest BCUT2D eigenvalue weighted by atomic mass is 79.9. The van der Waals surface area contributed by atoms with E-state index in [2.05, 4.69) is 81.4 Å². The Morgan fingerprint density at radius 2 is 2.00 bits per heavy atom. The summed E-state index contributed by atoms with van der Waals surface area (Å²) in [5.41, 5.74) is 5.78. The lowest BCUT2D eigenvalue weighted by molar-refractivity contribution is 0.444. The van der Waals surface area contributed by atoms with Crippen molar-refractivity contribution in [2.45, 2.75) is 31.7 Å². The van der Waals surface area contributed by atoms with Gasteiger partial charge in [-0.25, -0.2) is 0 Å². The zero-order chi connectivity index (χ0) is 16.5. The van der Waals surface area contributed by atoms with Crippen LogP contribution in [0.3, 0.4) is 0 Å². The number of aromatic nitrogens is 1. The second-order valence-corrected chi connectivity index (χ2v) is 7.63. The van der Waals surface area contributed by atoms with Gasteiger partial charge in [-0.1, -0.05) is 46.3 Å². The van der Waals surface area contributed by atoms with Gasteiger partial charge in [0.1, 0.15) is 0 Å². The van der Waals surface area contributed by atoms with E-state index in [1.54, 1.807) is 0 Å². The third-order valence-corrected chi connectivity index (χ3v) is 5.71. The van der Waals surface area contributed by atoms with E-state index >= 15 is 0 Å². The molecule has 0 bridgehead atoms. The van der Waals surface area contributed by atoms with Gasteiger partial charge in [0.2, 0.25) is 0 Å². The molecule has 1 unspecified atom stereocenters. The standard InChI is InChI=1S/C21H23BrN2/c1-24-20-11-10-16(22)14-18(20)17-8-5-9-19(21(17)24)23-13-12-15-6-3-2-4-7-15/h2-4,6-7,10-11,14,19,23H,5,8-9,12-13H2,1H3. The van der Waals surface area contributed by atoms with Crippen LogP contribution in [0.15, 0.2) is 53.0 Å². The third-order valence-electron chi connectivity index (χ3n) is 5.21. The average Bonchev–Trinajstić information content (AvgIpc) is 2.89. The van der Waals surface area contributed by atoms with Crippen molar-refractivity contribution in [2.75, 3.05) is 6.54 Å². The number of benzene rings is 2. The Morgan fingerprint density at radius 1 is 1.17 bits per heavy atom. The highest BCUT2D eigenvalue weighted by Gasteiger charge is 2.26. The lowest BCUT2D eigenvalue weighted by atomic mass is 9.91. The van der Waals surface area contributed by atoms with Gasteiger partial charge in [0, 0.05) is 34.2 Å². The molecular weight excluding hydrogens is 360 g/mol. The smallest absolute Gasteiger partial charge is 0.0484 e. The Hall–Kier alpha value is -1.58. The minimum atomic E-state index is 0.466. The number of nitrogens with zero attached hydrogens (tertiary/aromatic N) is 1. The zero-order valence-corrected chi connectivity index (χ0v) is 15.6. The highest BCUT2D eigenvalue weighted by Crippen LogP contribution is 2.37. The first-order chi connectivity index (χ1) is 11.7. The summed E-state index contributed by atoms with van der Waals surface area (Å²) in [6.07, 6.45) is 4.77. The molecule has 3 aromatic rings. The summed E-state index contributed by atoms with van der Waals surface area (Å²) in [7, 11) is 2.21. The van der Waals surface area contributed by atoms with Crippen LogP contribution >= 0.6 is 15.9 Å². The number of hydrogen-bond acceptors (Lipinski definition) is 1. The molecule has 1 atom stereocenters. The van der Waals surface area contributed by atoms with Crippen molar-refractivity contribution in [3.8, 4) is 0 Å². The number of aryl methyl sites for hydroxylation is 2. The van der Waals surface area contributed by atoms with E-state index in [1.165, 1.54) is 51.5 Å². The fourth-order valence-electron chi connectivity index (χ4n) is 4.07. The molecule has 0 radical (unpaired) electrons. The SMILES string of the molecule is Cn1c2c(c3cc(Br)ccc31)CCCC2NCCc1ccccc1. The topological polar surface area (TPSA) is 17.0 Å². The molecule has 0 fully saturated rings. The molecule has 2 nitrogen and oxygen atoms in total. The predicted molar refractivity (Wildman–Crippen MR) is 104 cm³/mol. The molecule has 1 N–H and O–H groups in total. The van der Waals surface area contributed by atoms with Gasteiger partial charge in [-0.2, -0.15) is 0 Å². The van der Waals surface area contributed by atoms with E-state index in [9.17, 15) is 0 Å². The van der Waals surface area contributed by atoms with Gasteiger partial charge in [0.25, 0.3) is 0 Å². The van der Waals surface area contributed by atoms with Crippen LogP contribution < -0.4 is 5.32 Å². The summed E-state index contributed by atoms with van der Waals surface area (Å²) in [5.74, 6) is 0. The number of rotatable bonds is 4. The van der Waals surface area contributed by atoms with Gasteiger partial charge in [-0.15, -0.1) is 0 Å². The normalized spacial score (nSPS) is 17.2. The molecule has 1 aliphatic rings. The van der Waals surface area contributed by atoms with Gasteiger partial charge >= 0.3 is 0 Å². The number of fused-ring (bicyclic) bond motifs is 3. The Kier molecular flexibility index (Phi) is 4.47. The minimum absolute atomic E-state index is 0.466. The Balaban J connectivity index is 1.58. The van der Waals surface area contributed by atoms with Gasteiger partial charge in [0.05, 0.1) is 0 Å². The molecule has 1 heterocycles. The van der Waals surface area contributed by atoms with Crippen molar-refractivity contribution in [1.82, 2.24) is 9.88 Å². The first-order valence-electron chi connectivity index (χ1n) is 8.78. The molecule has 0 aliphatic heterocycles. The average molecular weight is 383 g/mol. The molecule has 1 aromatic heterocycles. The van der Waals surface area contributed by atoms with Crippen LogP contribution in [0.25, 0.3) is 10.9 Å². The Labute approximate surface area is 152 Å². The molecule has 1 aliphatic carbocycles. The summed E-state index contributed by atoms with van der Waals surface area (Å²) >= 11 is 3.63. The van der Waals surface area contributed by atoms with Crippen LogP contribution in [-0.2, 0) is 19.9 Å². The van der Waals surface area contributed by atoms with Gasteiger partial charge in [0.15, 0.2) is 0 Å². The summed E-state index contributed by atoms with van der Waals surface area (Å²) in [6.45, 7) is 1.03. The fraction of sp³-hybridized carbons (Fsp3) is 0.333. The maximum absolute atomic E-state index is 3.81. The predicted octanol–water partition coefficient (Wildman–Crippen LogP) is 5.15. The summed E-state index contributed by atoms with van der Waals surface area (Å²) in [6, 6.07) is 17.9. The Bertz CT molecular complexity index is 851. The maximum Gasteiger partial charge on any atom is 0.0484 e. The van der Waals surface area contributed by atoms with Gasteiger partial charge < -0.3 is 9.88 Å². The van der Waals surface area contributed by atoms with E-state index < -0.39 is 0 Å². The molecule has 0 amide bonds. The molecule has 4 rings (SSSR count). The first kappa shape index (κ1) is 15.9. The van der Waals surface area contributed by atoms with Crippen LogP contribution in [0.2, 0.25) is 0 Å². The summed E-state index contributed by atoms with van der Waals surface area (Å²) < 4.78 is 3.57. The van der Waals surface area contributed by atoms with E-state index in [0.29, 0.717) is 6.04 Å². The van der Waals surface area contributed by atoms with Crippen molar-refractivity contribution < 1.29 is 0 Å². The van der Waals surface area contributed by atoms with E-state index in [0.717, 1.165) is 13.0 Å². The minimum Gasteiger partial charge on any atom is -0.346 e. The molecule has 24 heavy (non-hydrogen) atoms. The molecule has 0 saturated heterocycles. The highest BCUT2D eigenvalue weighted by molar-refractivity contribution is 9.10. The molecule has 0 spiro atoms. The van der Waals surface area contributed by atoms with Crippen LogP contribution in [0, 0.1) is 0 Å². The van der Waals surface area contributed by atoms with Crippen molar-refractivity contribution in [1.29, 1.82) is 0 Å². The second kappa shape index (κ2) is 6.73. The zero-order valence-electron chi connectivity index (χ0n) is 14.1. The van der Waals surface area contributed by atoms with Crippen LogP contribution in [0.5, 0.6) is 0 Å². The van der Waals surface area contributed by atoms with Gasteiger partial charge in [-0.3, -0.25) is 0 Å². The largest absolute Gasteiger partial charge is 0.346 e. The van der Waals surface area contributed by atoms with E-state index in [4.69, 9.17) is 0 Å². The molecular formula is C21H23BrN2. The lowest BCUT2D eigenvalue weighted by Crippen LogP contribution is -2.28. The maximum atomic E-state index is 3.81. The monoisotopic (exact) mass is 382 g/mol. The summed E-state index contributed by atoms with van der Waals surface area (Å²) in [4.78, 5) is 0. The quantitative estimate of drug-likeness (QED) is 0.659. The van der Waals surface area contributed by atoms with Crippen LogP contribution in [0.4, 0.5) is 0 Å². The van der Waals surface area contributed by atoms with E-state index in [-0.39, 0.29) is 0 Å². The van der Waals surface area contributed by atoms with Crippen LogP contribution in [0.1, 0.15) is 35.7 Å². The number of nitrogens with one attached hydrogen (secondary N) is 1. The molecule has 2 aromatic carbocycles. The number of hydrogen-bond donors (Lipinski definition) is 1. The van der Waals surface area contributed by atoms with Crippen molar-refractivity contribution in [2.24, 2.45) is 7.05 Å². The third kappa shape index (κ3) is 2.91. The van der Waals surface area contributed by atoms with Crippen molar-refractivity contribution in [3.63, 3.8) is 0 Å². The fourth-order valence-corrected chi connectivity index (χ4v) is 4.43. The number of halogens is 1.